The van der Waals surface area contributed by atoms with Crippen LogP contribution in [0.1, 0.15) is 24.4 Å². The predicted molar refractivity (Wildman–Crippen MR) is 67.5 cm³/mol. The molecule has 1 heterocycles. The third-order valence-electron chi connectivity index (χ3n) is 2.80. The maximum Gasteiger partial charge on any atom is 0.387 e. The van der Waals surface area contributed by atoms with E-state index >= 15 is 0 Å². The molecule has 20 heavy (non-hydrogen) atoms. The van der Waals surface area contributed by atoms with E-state index in [1.54, 1.807) is 18.2 Å². The number of rotatable bonds is 7. The van der Waals surface area contributed by atoms with Gasteiger partial charge in [-0.2, -0.15) is 13.8 Å². The molecule has 0 saturated heterocycles. The second-order valence-electron chi connectivity index (χ2n) is 4.18. The van der Waals surface area contributed by atoms with Crippen molar-refractivity contribution in [3.63, 3.8) is 0 Å². The number of alkyl halides is 2. The van der Waals surface area contributed by atoms with Gasteiger partial charge in [0.05, 0.1) is 0 Å². The van der Waals surface area contributed by atoms with Gasteiger partial charge in [0.15, 0.2) is 6.33 Å². The summed E-state index contributed by atoms with van der Waals surface area (Å²) in [6.45, 7) is -0.366. The van der Waals surface area contributed by atoms with Crippen molar-refractivity contribution in [2.75, 3.05) is 6.54 Å². The number of ether oxygens (including phenoxy) is 1. The fourth-order valence-corrected chi connectivity index (χ4v) is 1.85. The summed E-state index contributed by atoms with van der Waals surface area (Å²) in [5, 5.41) is 6.71. The molecular formula is C13H15F2N3O2. The molecule has 0 amide bonds. The Morgan fingerprint density at radius 1 is 1.35 bits per heavy atom. The summed E-state index contributed by atoms with van der Waals surface area (Å²) in [5.41, 5.74) is 0.679. The number of hydrogen-bond acceptors (Lipinski definition) is 5. The van der Waals surface area contributed by atoms with Crippen molar-refractivity contribution in [1.29, 1.82) is 0 Å². The van der Waals surface area contributed by atoms with Crippen LogP contribution in [0.3, 0.4) is 0 Å². The summed E-state index contributed by atoms with van der Waals surface area (Å²) in [4.78, 5) is 3.90. The molecule has 0 radical (unpaired) electrons. The number of nitrogens with one attached hydrogen (secondary N) is 1. The average Bonchev–Trinajstić information content (AvgIpc) is 2.91. The summed E-state index contributed by atoms with van der Waals surface area (Å²) in [6.07, 6.45) is 1.91. The molecule has 0 saturated carbocycles. The van der Waals surface area contributed by atoms with Crippen LogP contribution < -0.4 is 10.1 Å². The Labute approximate surface area is 114 Å². The fraction of sp³-hybridized carbons (Fsp3) is 0.385. The minimum atomic E-state index is -2.83. The summed E-state index contributed by atoms with van der Waals surface area (Å²) >= 11 is 0. The van der Waals surface area contributed by atoms with Crippen molar-refractivity contribution < 1.29 is 18.0 Å². The second kappa shape index (κ2) is 6.95. The van der Waals surface area contributed by atoms with E-state index in [9.17, 15) is 8.78 Å². The topological polar surface area (TPSA) is 60.2 Å². The van der Waals surface area contributed by atoms with Gasteiger partial charge in [-0.1, -0.05) is 23.4 Å². The Bertz CT molecular complexity index is 520. The van der Waals surface area contributed by atoms with E-state index in [1.807, 2.05) is 6.92 Å². The van der Waals surface area contributed by atoms with Crippen molar-refractivity contribution in [1.82, 2.24) is 15.5 Å². The monoisotopic (exact) mass is 283 g/mol. The van der Waals surface area contributed by atoms with E-state index in [0.717, 1.165) is 0 Å². The SMILES string of the molecule is CC(NCCc1ncno1)c1ccccc1OC(F)F. The van der Waals surface area contributed by atoms with Gasteiger partial charge >= 0.3 is 6.61 Å². The van der Waals surface area contributed by atoms with Gasteiger partial charge in [-0.3, -0.25) is 0 Å². The Balaban J connectivity index is 1.92. The molecule has 1 aromatic carbocycles. The molecule has 1 aromatic heterocycles. The number of aromatic nitrogens is 2. The largest absolute Gasteiger partial charge is 0.434 e. The summed E-state index contributed by atoms with van der Waals surface area (Å²) in [7, 11) is 0. The third kappa shape index (κ3) is 3.99. The van der Waals surface area contributed by atoms with E-state index in [1.165, 1.54) is 12.4 Å². The maximum atomic E-state index is 12.3. The van der Waals surface area contributed by atoms with Gasteiger partial charge in [-0.15, -0.1) is 0 Å². The van der Waals surface area contributed by atoms with E-state index in [0.29, 0.717) is 24.4 Å². The number of hydrogen-bond donors (Lipinski definition) is 1. The van der Waals surface area contributed by atoms with E-state index < -0.39 is 6.61 Å². The van der Waals surface area contributed by atoms with Crippen LogP contribution in [0.4, 0.5) is 8.78 Å². The smallest absolute Gasteiger partial charge is 0.387 e. The Morgan fingerprint density at radius 3 is 2.85 bits per heavy atom. The molecule has 1 unspecified atom stereocenters. The standard InChI is InChI=1S/C13H15F2N3O2/c1-9(16-7-6-12-17-8-18-20-12)10-4-2-3-5-11(10)19-13(14)15/h2-5,8-9,13,16H,6-7H2,1H3. The van der Waals surface area contributed by atoms with Gasteiger partial charge < -0.3 is 14.6 Å². The van der Waals surface area contributed by atoms with E-state index in [-0.39, 0.29) is 11.8 Å². The number of para-hydroxylation sites is 1. The van der Waals surface area contributed by atoms with Crippen LogP contribution in [-0.2, 0) is 6.42 Å². The fourth-order valence-electron chi connectivity index (χ4n) is 1.85. The molecule has 0 aliphatic rings. The quantitative estimate of drug-likeness (QED) is 0.846. The van der Waals surface area contributed by atoms with Gasteiger partial charge in [0, 0.05) is 24.6 Å². The van der Waals surface area contributed by atoms with Gasteiger partial charge in [-0.25, -0.2) is 0 Å². The molecule has 0 spiro atoms. The molecule has 2 aromatic rings. The van der Waals surface area contributed by atoms with E-state index in [2.05, 4.69) is 20.2 Å². The molecule has 7 heteroatoms. The Hall–Kier alpha value is -2.02. The molecule has 5 nitrogen and oxygen atoms in total. The van der Waals surface area contributed by atoms with Crippen molar-refractivity contribution in [2.24, 2.45) is 0 Å². The number of nitrogens with zero attached hydrogens (tertiary/aromatic N) is 2. The maximum absolute atomic E-state index is 12.3. The first-order valence-corrected chi connectivity index (χ1v) is 6.19. The van der Waals surface area contributed by atoms with Crippen molar-refractivity contribution in [3.05, 3.63) is 42.0 Å². The van der Waals surface area contributed by atoms with Crippen LogP contribution in [0, 0.1) is 0 Å². The number of halogens is 2. The van der Waals surface area contributed by atoms with Gasteiger partial charge in [0.1, 0.15) is 5.75 Å². The first-order valence-electron chi connectivity index (χ1n) is 6.19. The highest BCUT2D eigenvalue weighted by Gasteiger charge is 2.14. The summed E-state index contributed by atoms with van der Waals surface area (Å²) in [6, 6.07) is 6.59. The summed E-state index contributed by atoms with van der Waals surface area (Å²) < 4.78 is 34.0. The van der Waals surface area contributed by atoms with Crippen LogP contribution in [0.2, 0.25) is 0 Å². The minimum absolute atomic E-state index is 0.132. The highest BCUT2D eigenvalue weighted by molar-refractivity contribution is 5.35. The zero-order valence-corrected chi connectivity index (χ0v) is 10.9. The van der Waals surface area contributed by atoms with Crippen molar-refractivity contribution >= 4 is 0 Å². The lowest BCUT2D eigenvalue weighted by Gasteiger charge is -2.17. The second-order valence-corrected chi connectivity index (χ2v) is 4.18. The Morgan fingerprint density at radius 2 is 2.15 bits per heavy atom. The number of benzene rings is 1. The lowest BCUT2D eigenvalue weighted by atomic mass is 10.1. The molecule has 0 aliphatic heterocycles. The van der Waals surface area contributed by atoms with E-state index in [4.69, 9.17) is 4.52 Å². The van der Waals surface area contributed by atoms with Crippen LogP contribution in [0.25, 0.3) is 0 Å². The average molecular weight is 283 g/mol. The minimum Gasteiger partial charge on any atom is -0.434 e. The van der Waals surface area contributed by atoms with Crippen LogP contribution in [0.15, 0.2) is 35.1 Å². The van der Waals surface area contributed by atoms with Gasteiger partial charge in [0.25, 0.3) is 0 Å². The van der Waals surface area contributed by atoms with Crippen LogP contribution >= 0.6 is 0 Å². The van der Waals surface area contributed by atoms with Crippen molar-refractivity contribution in [3.8, 4) is 5.75 Å². The summed E-state index contributed by atoms with van der Waals surface area (Å²) in [5.74, 6) is 0.710. The highest BCUT2D eigenvalue weighted by atomic mass is 19.3. The first-order chi connectivity index (χ1) is 9.66. The molecule has 0 aliphatic carbocycles. The zero-order valence-electron chi connectivity index (χ0n) is 10.9. The normalized spacial score (nSPS) is 12.6. The highest BCUT2D eigenvalue weighted by Crippen LogP contribution is 2.26. The van der Waals surface area contributed by atoms with Gasteiger partial charge in [-0.05, 0) is 13.0 Å². The van der Waals surface area contributed by atoms with Crippen LogP contribution in [0.5, 0.6) is 5.75 Å². The lowest BCUT2D eigenvalue weighted by molar-refractivity contribution is -0.0506. The lowest BCUT2D eigenvalue weighted by Crippen LogP contribution is -2.22. The molecule has 2 rings (SSSR count). The molecular weight excluding hydrogens is 268 g/mol. The van der Waals surface area contributed by atoms with Crippen LogP contribution in [-0.4, -0.2) is 23.3 Å². The third-order valence-corrected chi connectivity index (χ3v) is 2.80. The zero-order chi connectivity index (χ0) is 14.4. The predicted octanol–water partition coefficient (Wildman–Crippen LogP) is 2.56. The molecule has 108 valence electrons. The molecule has 0 fully saturated rings. The Kier molecular flexibility index (Phi) is 5.00. The van der Waals surface area contributed by atoms with Crippen molar-refractivity contribution in [2.45, 2.75) is 26.0 Å². The molecule has 1 N–H and O–H groups in total. The van der Waals surface area contributed by atoms with Gasteiger partial charge in [0.2, 0.25) is 5.89 Å². The first kappa shape index (κ1) is 14.4. The molecule has 1 atom stereocenters. The molecule has 0 bridgehead atoms.